The Morgan fingerprint density at radius 2 is 1.50 bits per heavy atom. The molecule has 0 fully saturated rings. The molecule has 1 heterocycles. The lowest BCUT2D eigenvalue weighted by Gasteiger charge is -2.11. The summed E-state index contributed by atoms with van der Waals surface area (Å²) in [6.45, 7) is 4.12. The minimum atomic E-state index is -0.317. The zero-order valence-corrected chi connectivity index (χ0v) is 19.4. The number of ether oxygens (including phenoxy) is 1. The molecule has 0 atom stereocenters. The summed E-state index contributed by atoms with van der Waals surface area (Å²) in [5.41, 5.74) is 7.27. The zero-order valence-electron chi connectivity index (χ0n) is 19.4. The van der Waals surface area contributed by atoms with Crippen LogP contribution in [0.1, 0.15) is 27.3 Å². The minimum Gasteiger partial charge on any atom is -0.496 e. The van der Waals surface area contributed by atoms with Gasteiger partial charge < -0.3 is 9.30 Å². The van der Waals surface area contributed by atoms with Crippen LogP contribution in [-0.4, -0.2) is 23.8 Å². The molecule has 4 aromatic carbocycles. The van der Waals surface area contributed by atoms with Crippen LogP contribution >= 0.6 is 0 Å². The van der Waals surface area contributed by atoms with Gasteiger partial charge in [0.15, 0.2) is 0 Å². The number of benzene rings is 4. The molecule has 34 heavy (non-hydrogen) atoms. The van der Waals surface area contributed by atoms with Gasteiger partial charge in [0.25, 0.3) is 5.91 Å². The van der Waals surface area contributed by atoms with E-state index < -0.39 is 0 Å². The van der Waals surface area contributed by atoms with Crippen LogP contribution in [0.5, 0.6) is 5.75 Å². The summed E-state index contributed by atoms with van der Waals surface area (Å²) < 4.78 is 7.64. The van der Waals surface area contributed by atoms with Crippen molar-refractivity contribution in [2.75, 3.05) is 7.11 Å². The van der Waals surface area contributed by atoms with Gasteiger partial charge in [-0.25, -0.2) is 5.43 Å². The standard InChI is InChI=1S/C29H25N3O2/c1-19-14-25(20(2)32(19)26-13-12-21-8-4-5-9-22(21)15-26)18-30-31-29(33)27-16-23-10-6-7-11-24(23)17-28(27)34-3/h4-18H,1-3H3,(H,31,33). The number of amides is 1. The molecule has 0 aliphatic rings. The molecule has 0 aliphatic carbocycles. The van der Waals surface area contributed by atoms with Crippen molar-refractivity contribution in [3.63, 3.8) is 0 Å². The Morgan fingerprint density at radius 1 is 0.853 bits per heavy atom. The van der Waals surface area contributed by atoms with Crippen LogP contribution in [0.2, 0.25) is 0 Å². The third-order valence-corrected chi connectivity index (χ3v) is 6.14. The number of aryl methyl sites for hydroxylation is 1. The second kappa shape index (κ2) is 8.87. The van der Waals surface area contributed by atoms with Crippen molar-refractivity contribution < 1.29 is 9.53 Å². The molecule has 0 saturated carbocycles. The molecule has 0 saturated heterocycles. The van der Waals surface area contributed by atoms with Gasteiger partial charge in [0.2, 0.25) is 0 Å². The number of aromatic nitrogens is 1. The molecule has 0 spiro atoms. The third-order valence-electron chi connectivity index (χ3n) is 6.14. The van der Waals surface area contributed by atoms with Crippen LogP contribution < -0.4 is 10.2 Å². The number of carbonyl (C=O) groups excluding carboxylic acids is 1. The Hall–Kier alpha value is -4.38. The monoisotopic (exact) mass is 447 g/mol. The van der Waals surface area contributed by atoms with Crippen LogP contribution in [-0.2, 0) is 0 Å². The molecule has 1 N–H and O–H groups in total. The van der Waals surface area contributed by atoms with E-state index >= 15 is 0 Å². The van der Waals surface area contributed by atoms with E-state index in [0.717, 1.165) is 33.4 Å². The second-order valence-electron chi connectivity index (χ2n) is 8.29. The fraction of sp³-hybridized carbons (Fsp3) is 0.103. The number of methoxy groups -OCH3 is 1. The summed E-state index contributed by atoms with van der Waals surface area (Å²) in [7, 11) is 1.56. The van der Waals surface area contributed by atoms with Gasteiger partial charge in [0.1, 0.15) is 5.75 Å². The first-order valence-corrected chi connectivity index (χ1v) is 11.1. The lowest BCUT2D eigenvalue weighted by atomic mass is 10.1. The number of nitrogens with one attached hydrogen (secondary N) is 1. The van der Waals surface area contributed by atoms with Crippen LogP contribution in [0.4, 0.5) is 0 Å². The van der Waals surface area contributed by atoms with Gasteiger partial charge in [-0.05, 0) is 65.7 Å². The summed E-state index contributed by atoms with van der Waals surface area (Å²) in [5.74, 6) is 0.197. The second-order valence-corrected chi connectivity index (χ2v) is 8.29. The highest BCUT2D eigenvalue weighted by atomic mass is 16.5. The fourth-order valence-corrected chi connectivity index (χ4v) is 4.42. The van der Waals surface area contributed by atoms with Crippen molar-refractivity contribution in [2.45, 2.75) is 13.8 Å². The maximum absolute atomic E-state index is 12.9. The molecule has 5 heteroatoms. The van der Waals surface area contributed by atoms with Gasteiger partial charge in [0, 0.05) is 22.6 Å². The highest BCUT2D eigenvalue weighted by molar-refractivity contribution is 6.02. The number of fused-ring (bicyclic) bond motifs is 2. The largest absolute Gasteiger partial charge is 0.496 e. The Morgan fingerprint density at radius 3 is 2.21 bits per heavy atom. The number of carbonyl (C=O) groups is 1. The van der Waals surface area contributed by atoms with E-state index in [1.54, 1.807) is 13.3 Å². The molecule has 0 aliphatic heterocycles. The van der Waals surface area contributed by atoms with Crippen molar-refractivity contribution >= 4 is 33.7 Å². The molecule has 0 radical (unpaired) electrons. The van der Waals surface area contributed by atoms with Crippen molar-refractivity contribution in [1.29, 1.82) is 0 Å². The van der Waals surface area contributed by atoms with Crippen molar-refractivity contribution in [1.82, 2.24) is 9.99 Å². The number of hydrogen-bond acceptors (Lipinski definition) is 3. The summed E-state index contributed by atoms with van der Waals surface area (Å²) in [6.07, 6.45) is 1.69. The zero-order chi connectivity index (χ0) is 23.7. The van der Waals surface area contributed by atoms with Gasteiger partial charge in [-0.3, -0.25) is 4.79 Å². The Bertz CT molecular complexity index is 1560. The molecule has 5 nitrogen and oxygen atoms in total. The van der Waals surface area contributed by atoms with Crippen LogP contribution in [0, 0.1) is 13.8 Å². The van der Waals surface area contributed by atoms with Crippen molar-refractivity contribution in [3.05, 3.63) is 107 Å². The van der Waals surface area contributed by atoms with Crippen molar-refractivity contribution in [3.8, 4) is 11.4 Å². The van der Waals surface area contributed by atoms with Gasteiger partial charge in [-0.2, -0.15) is 5.10 Å². The van der Waals surface area contributed by atoms with E-state index in [-0.39, 0.29) is 5.91 Å². The number of rotatable bonds is 5. The van der Waals surface area contributed by atoms with E-state index in [1.165, 1.54) is 10.8 Å². The lowest BCUT2D eigenvalue weighted by molar-refractivity contribution is 0.0952. The van der Waals surface area contributed by atoms with Crippen LogP contribution in [0.25, 0.3) is 27.2 Å². The quantitative estimate of drug-likeness (QED) is 0.259. The Kier molecular flexibility index (Phi) is 5.60. The summed E-state index contributed by atoms with van der Waals surface area (Å²) in [4.78, 5) is 12.9. The summed E-state index contributed by atoms with van der Waals surface area (Å²) >= 11 is 0. The van der Waals surface area contributed by atoms with E-state index in [0.29, 0.717) is 11.3 Å². The predicted octanol–water partition coefficient (Wildman–Crippen LogP) is 6.17. The Labute approximate surface area is 198 Å². The SMILES string of the molecule is COc1cc2ccccc2cc1C(=O)NN=Cc1cc(C)n(-c2ccc3ccccc3c2)c1C. The van der Waals surface area contributed by atoms with Gasteiger partial charge in [0.05, 0.1) is 18.9 Å². The highest BCUT2D eigenvalue weighted by Gasteiger charge is 2.14. The molecular formula is C29H25N3O2. The van der Waals surface area contributed by atoms with E-state index in [9.17, 15) is 4.79 Å². The molecule has 1 amide bonds. The predicted molar refractivity (Wildman–Crippen MR) is 138 cm³/mol. The summed E-state index contributed by atoms with van der Waals surface area (Å²) in [5, 5.41) is 8.63. The number of hydrogen-bond donors (Lipinski definition) is 1. The first-order valence-electron chi connectivity index (χ1n) is 11.1. The average Bonchev–Trinajstić information content (AvgIpc) is 3.15. The summed E-state index contributed by atoms with van der Waals surface area (Å²) in [6, 6.07) is 28.4. The first kappa shape index (κ1) is 21.5. The van der Waals surface area contributed by atoms with Crippen LogP contribution in [0.3, 0.4) is 0 Å². The third kappa shape index (κ3) is 3.92. The average molecular weight is 448 g/mol. The van der Waals surface area contributed by atoms with Gasteiger partial charge >= 0.3 is 0 Å². The molecule has 168 valence electrons. The molecule has 1 aromatic heterocycles. The first-order chi connectivity index (χ1) is 16.5. The van der Waals surface area contributed by atoms with Crippen LogP contribution in [0.15, 0.2) is 90.0 Å². The smallest absolute Gasteiger partial charge is 0.275 e. The minimum absolute atomic E-state index is 0.317. The molecule has 5 aromatic rings. The Balaban J connectivity index is 1.40. The normalized spacial score (nSPS) is 11.4. The van der Waals surface area contributed by atoms with Crippen molar-refractivity contribution in [2.24, 2.45) is 5.10 Å². The maximum Gasteiger partial charge on any atom is 0.275 e. The fourth-order valence-electron chi connectivity index (χ4n) is 4.42. The van der Waals surface area contributed by atoms with E-state index in [4.69, 9.17) is 4.74 Å². The molecule has 0 bridgehead atoms. The molecular weight excluding hydrogens is 422 g/mol. The topological polar surface area (TPSA) is 55.6 Å². The van der Waals surface area contributed by atoms with Gasteiger partial charge in [-0.15, -0.1) is 0 Å². The lowest BCUT2D eigenvalue weighted by Crippen LogP contribution is -2.18. The van der Waals surface area contributed by atoms with E-state index in [1.807, 2.05) is 48.5 Å². The molecule has 0 unspecified atom stereocenters. The maximum atomic E-state index is 12.9. The molecule has 5 rings (SSSR count). The van der Waals surface area contributed by atoms with E-state index in [2.05, 4.69) is 65.3 Å². The number of nitrogens with zero attached hydrogens (tertiary/aromatic N) is 2. The van der Waals surface area contributed by atoms with Gasteiger partial charge in [-0.1, -0.05) is 54.6 Å². The highest BCUT2D eigenvalue weighted by Crippen LogP contribution is 2.26. The number of hydrazone groups is 1.